The number of ether oxygens (including phenoxy) is 1. The first-order valence-corrected chi connectivity index (χ1v) is 7.01. The van der Waals surface area contributed by atoms with E-state index in [0.717, 1.165) is 5.75 Å². The monoisotopic (exact) mass is 268 g/mol. The number of hydrogen-bond acceptors (Lipinski definition) is 2. The van der Waals surface area contributed by atoms with Crippen molar-refractivity contribution in [2.24, 2.45) is 0 Å². The van der Waals surface area contributed by atoms with Crippen LogP contribution in [0.25, 0.3) is 0 Å². The van der Waals surface area contributed by atoms with Crippen LogP contribution in [-0.2, 0) is 0 Å². The van der Waals surface area contributed by atoms with Crippen molar-refractivity contribution < 1.29 is 9.53 Å². The van der Waals surface area contributed by atoms with Gasteiger partial charge in [0.25, 0.3) is 0 Å². The van der Waals surface area contributed by atoms with Gasteiger partial charge in [0.15, 0.2) is 5.78 Å². The van der Waals surface area contributed by atoms with E-state index in [0.29, 0.717) is 23.7 Å². The van der Waals surface area contributed by atoms with Crippen LogP contribution < -0.4 is 4.74 Å². The van der Waals surface area contributed by atoms with Crippen LogP contribution in [0.1, 0.15) is 49.0 Å². The fraction of sp³-hybridized carbons (Fsp3) is 0.278. The highest BCUT2D eigenvalue weighted by Gasteiger charge is 2.06. The van der Waals surface area contributed by atoms with Crippen molar-refractivity contribution in [2.45, 2.75) is 33.1 Å². The van der Waals surface area contributed by atoms with E-state index < -0.39 is 0 Å². The summed E-state index contributed by atoms with van der Waals surface area (Å²) in [6, 6.07) is 15.4. The molecule has 0 atom stereocenters. The molecule has 2 heteroatoms. The van der Waals surface area contributed by atoms with E-state index in [1.165, 1.54) is 5.56 Å². The number of hydrogen-bond donors (Lipinski definition) is 0. The van der Waals surface area contributed by atoms with Crippen molar-refractivity contribution in [1.29, 1.82) is 0 Å². The third-order valence-corrected chi connectivity index (χ3v) is 3.24. The molecule has 0 spiro atoms. The molecule has 0 aliphatic rings. The van der Waals surface area contributed by atoms with E-state index in [9.17, 15) is 4.79 Å². The predicted molar refractivity (Wildman–Crippen MR) is 81.7 cm³/mol. The minimum Gasteiger partial charge on any atom is -0.457 e. The minimum atomic E-state index is 0.131. The third-order valence-electron chi connectivity index (χ3n) is 3.24. The zero-order valence-corrected chi connectivity index (χ0v) is 12.2. The lowest BCUT2D eigenvalue weighted by Gasteiger charge is -2.10. The molecule has 2 aromatic carbocycles. The Bertz CT molecular complexity index is 600. The van der Waals surface area contributed by atoms with Gasteiger partial charge in [-0.15, -0.1) is 0 Å². The maximum atomic E-state index is 11.7. The molecule has 0 heterocycles. The van der Waals surface area contributed by atoms with Crippen LogP contribution in [0.2, 0.25) is 0 Å². The van der Waals surface area contributed by atoms with Gasteiger partial charge in [-0.05, 0) is 35.7 Å². The summed E-state index contributed by atoms with van der Waals surface area (Å²) >= 11 is 0. The van der Waals surface area contributed by atoms with Crippen molar-refractivity contribution in [2.75, 3.05) is 0 Å². The van der Waals surface area contributed by atoms with E-state index in [-0.39, 0.29) is 5.78 Å². The van der Waals surface area contributed by atoms with Gasteiger partial charge >= 0.3 is 0 Å². The first-order chi connectivity index (χ1) is 9.60. The second-order valence-electron chi connectivity index (χ2n) is 5.13. The highest BCUT2D eigenvalue weighted by Crippen LogP contribution is 2.26. The van der Waals surface area contributed by atoms with Crippen molar-refractivity contribution in [1.82, 2.24) is 0 Å². The zero-order chi connectivity index (χ0) is 14.5. The molecule has 2 nitrogen and oxygen atoms in total. The summed E-state index contributed by atoms with van der Waals surface area (Å²) in [5.74, 6) is 2.10. The molecular weight excluding hydrogens is 248 g/mol. The van der Waals surface area contributed by atoms with Gasteiger partial charge in [0.2, 0.25) is 0 Å². The lowest BCUT2D eigenvalue weighted by molar-refractivity contribution is 0.0988. The SMILES string of the molecule is CCC(=O)c1cccc(Oc2cccc(C(C)C)c2)c1. The van der Waals surface area contributed by atoms with E-state index in [1.54, 1.807) is 6.07 Å². The molecule has 0 aliphatic carbocycles. The molecule has 0 bridgehead atoms. The summed E-state index contributed by atoms with van der Waals surface area (Å²) in [6.45, 7) is 6.17. The van der Waals surface area contributed by atoms with Crippen LogP contribution in [0.3, 0.4) is 0 Å². The lowest BCUT2D eigenvalue weighted by atomic mass is 10.0. The summed E-state index contributed by atoms with van der Waals surface area (Å²) in [6.07, 6.45) is 0.506. The molecule has 0 amide bonds. The average Bonchev–Trinajstić information content (AvgIpc) is 2.47. The highest BCUT2D eigenvalue weighted by atomic mass is 16.5. The Morgan fingerprint density at radius 1 is 1.05 bits per heavy atom. The molecule has 0 unspecified atom stereocenters. The van der Waals surface area contributed by atoms with Gasteiger partial charge in [0.1, 0.15) is 11.5 Å². The van der Waals surface area contributed by atoms with E-state index >= 15 is 0 Å². The van der Waals surface area contributed by atoms with Crippen LogP contribution in [0, 0.1) is 0 Å². The van der Waals surface area contributed by atoms with Gasteiger partial charge in [-0.1, -0.05) is 45.0 Å². The van der Waals surface area contributed by atoms with Gasteiger partial charge in [-0.25, -0.2) is 0 Å². The first kappa shape index (κ1) is 14.3. The third kappa shape index (κ3) is 3.47. The zero-order valence-electron chi connectivity index (χ0n) is 12.2. The molecule has 0 aromatic heterocycles. The van der Waals surface area contributed by atoms with Crippen molar-refractivity contribution in [3.05, 3.63) is 59.7 Å². The normalized spacial score (nSPS) is 10.6. The Labute approximate surface area is 120 Å². The number of Topliss-reactive ketones (excluding diaryl/α,β-unsaturated/α-hetero) is 1. The average molecular weight is 268 g/mol. The number of rotatable bonds is 5. The van der Waals surface area contributed by atoms with Gasteiger partial charge < -0.3 is 4.74 Å². The fourth-order valence-corrected chi connectivity index (χ4v) is 2.01. The summed E-state index contributed by atoms with van der Waals surface area (Å²) in [5, 5.41) is 0. The van der Waals surface area contributed by atoms with Crippen molar-refractivity contribution >= 4 is 5.78 Å². The maximum Gasteiger partial charge on any atom is 0.162 e. The number of carbonyl (C=O) groups excluding carboxylic acids is 1. The molecule has 20 heavy (non-hydrogen) atoms. The van der Waals surface area contributed by atoms with Gasteiger partial charge in [0.05, 0.1) is 0 Å². The summed E-state index contributed by atoms with van der Waals surface area (Å²) < 4.78 is 5.85. The van der Waals surface area contributed by atoms with Gasteiger partial charge in [0, 0.05) is 12.0 Å². The second kappa shape index (κ2) is 6.38. The molecule has 0 saturated heterocycles. The number of carbonyl (C=O) groups is 1. The first-order valence-electron chi connectivity index (χ1n) is 7.01. The summed E-state index contributed by atoms with van der Waals surface area (Å²) in [7, 11) is 0. The molecule has 0 saturated carbocycles. The Hall–Kier alpha value is -2.09. The lowest BCUT2D eigenvalue weighted by Crippen LogP contribution is -1.96. The molecule has 0 radical (unpaired) electrons. The number of benzene rings is 2. The largest absolute Gasteiger partial charge is 0.457 e. The summed E-state index contributed by atoms with van der Waals surface area (Å²) in [5.41, 5.74) is 1.94. The molecule has 0 aliphatic heterocycles. The van der Waals surface area contributed by atoms with Crippen LogP contribution >= 0.6 is 0 Å². The van der Waals surface area contributed by atoms with Gasteiger partial charge in [-0.3, -0.25) is 4.79 Å². The molecular formula is C18H20O2. The van der Waals surface area contributed by atoms with Crippen LogP contribution in [0.15, 0.2) is 48.5 Å². The van der Waals surface area contributed by atoms with E-state index in [1.807, 2.05) is 43.3 Å². The Kier molecular flexibility index (Phi) is 4.57. The second-order valence-corrected chi connectivity index (χ2v) is 5.13. The molecule has 2 rings (SSSR count). The maximum absolute atomic E-state index is 11.7. The van der Waals surface area contributed by atoms with Crippen molar-refractivity contribution in [3.63, 3.8) is 0 Å². The molecule has 0 N–H and O–H groups in total. The van der Waals surface area contributed by atoms with E-state index in [4.69, 9.17) is 4.74 Å². The molecule has 2 aromatic rings. The standard InChI is InChI=1S/C18H20O2/c1-4-18(19)15-8-6-10-17(12-15)20-16-9-5-7-14(11-16)13(2)3/h5-13H,4H2,1-3H3. The fourth-order valence-electron chi connectivity index (χ4n) is 2.01. The van der Waals surface area contributed by atoms with E-state index in [2.05, 4.69) is 19.9 Å². The van der Waals surface area contributed by atoms with Crippen LogP contribution in [0.4, 0.5) is 0 Å². The summed E-state index contributed by atoms with van der Waals surface area (Å²) in [4.78, 5) is 11.7. The minimum absolute atomic E-state index is 0.131. The quantitative estimate of drug-likeness (QED) is 0.697. The highest BCUT2D eigenvalue weighted by molar-refractivity contribution is 5.96. The topological polar surface area (TPSA) is 26.3 Å². The van der Waals surface area contributed by atoms with Crippen molar-refractivity contribution in [3.8, 4) is 11.5 Å². The smallest absolute Gasteiger partial charge is 0.162 e. The predicted octanol–water partition coefficient (Wildman–Crippen LogP) is 5.20. The van der Waals surface area contributed by atoms with Gasteiger partial charge in [-0.2, -0.15) is 0 Å². The Morgan fingerprint density at radius 3 is 2.35 bits per heavy atom. The van der Waals surface area contributed by atoms with Crippen LogP contribution in [-0.4, -0.2) is 5.78 Å². The number of ketones is 1. The Balaban J connectivity index is 2.21. The Morgan fingerprint density at radius 2 is 1.70 bits per heavy atom. The molecule has 104 valence electrons. The molecule has 0 fully saturated rings. The van der Waals surface area contributed by atoms with Crippen LogP contribution in [0.5, 0.6) is 11.5 Å².